The van der Waals surface area contributed by atoms with Crippen LogP contribution in [0.4, 0.5) is 0 Å². The molecule has 31 heavy (non-hydrogen) atoms. The Balaban J connectivity index is 1.79. The summed E-state index contributed by atoms with van der Waals surface area (Å²) in [6, 6.07) is 26.8. The number of rotatable bonds is 0. The van der Waals surface area contributed by atoms with E-state index in [0.717, 1.165) is 14.7 Å². The van der Waals surface area contributed by atoms with Crippen LogP contribution in [0.15, 0.2) is 96.4 Å². The van der Waals surface area contributed by atoms with Crippen LogP contribution < -0.4 is 0 Å². The van der Waals surface area contributed by atoms with Gasteiger partial charge in [0.05, 0.1) is 0 Å². The Morgan fingerprint density at radius 1 is 0.774 bits per heavy atom. The highest BCUT2D eigenvalue weighted by Crippen LogP contribution is 2.54. The van der Waals surface area contributed by atoms with E-state index in [4.69, 9.17) is 0 Å². The first-order chi connectivity index (χ1) is 15.1. The Kier molecular flexibility index (Phi) is 5.10. The van der Waals surface area contributed by atoms with Gasteiger partial charge in [0.1, 0.15) is 0 Å². The molecule has 0 saturated carbocycles. The van der Waals surface area contributed by atoms with Crippen molar-refractivity contribution in [3.63, 3.8) is 0 Å². The van der Waals surface area contributed by atoms with Crippen molar-refractivity contribution in [2.75, 3.05) is 5.75 Å². The van der Waals surface area contributed by atoms with Crippen molar-refractivity contribution < 1.29 is 0 Å². The Bertz CT molecular complexity index is 1350. The minimum absolute atomic E-state index is 0.458. The fraction of sp³-hybridized carbons (Fsp3) is 0.111. The lowest BCUT2D eigenvalue weighted by atomic mass is 9.81. The van der Waals surface area contributed by atoms with E-state index in [9.17, 15) is 0 Å². The summed E-state index contributed by atoms with van der Waals surface area (Å²) in [6.45, 7) is 2.39. The average molecular weight is 566 g/mol. The van der Waals surface area contributed by atoms with Crippen LogP contribution in [-0.4, -0.2) is 5.75 Å². The molecule has 2 aliphatic heterocycles. The minimum Gasteiger partial charge on any atom is -0.125 e. The van der Waals surface area contributed by atoms with Gasteiger partial charge in [-0.3, -0.25) is 0 Å². The van der Waals surface area contributed by atoms with Crippen molar-refractivity contribution in [1.82, 2.24) is 0 Å². The molecule has 0 saturated heterocycles. The number of hydrogen-bond donors (Lipinski definition) is 0. The van der Waals surface area contributed by atoms with Gasteiger partial charge < -0.3 is 0 Å². The zero-order valence-electron chi connectivity index (χ0n) is 16.8. The summed E-state index contributed by atoms with van der Waals surface area (Å²) < 4.78 is 2.25. The van der Waals surface area contributed by atoms with Gasteiger partial charge in [-0.25, -0.2) is 0 Å². The van der Waals surface area contributed by atoms with Gasteiger partial charge in [0.25, 0.3) is 0 Å². The number of halogens is 2. The minimum atomic E-state index is 0.458. The van der Waals surface area contributed by atoms with Crippen LogP contribution in [0.1, 0.15) is 23.6 Å². The highest BCUT2D eigenvalue weighted by molar-refractivity contribution is 9.10. The fourth-order valence-corrected chi connectivity index (χ4v) is 7.59. The number of hydrogen-bond acceptors (Lipinski definition) is 2. The molecule has 1 unspecified atom stereocenters. The standard InChI is InChI=1S/C27H18Br2S2/c1-15-14-30-24-9-6-16-4-2-3-5-19(16)27(24)25(15)26-20-12-17(28)7-10-22(20)31-23-11-8-18(29)13-21(23)26/h2-13,15H,14H2,1H3. The van der Waals surface area contributed by atoms with Gasteiger partial charge >= 0.3 is 0 Å². The second-order valence-electron chi connectivity index (χ2n) is 8.04. The molecule has 0 nitrogen and oxygen atoms in total. The molecule has 0 radical (unpaired) electrons. The molecule has 4 aromatic carbocycles. The lowest BCUT2D eigenvalue weighted by Gasteiger charge is -2.32. The summed E-state index contributed by atoms with van der Waals surface area (Å²) in [5.74, 6) is 1.56. The van der Waals surface area contributed by atoms with E-state index in [-0.39, 0.29) is 0 Å². The molecule has 1 atom stereocenters. The van der Waals surface area contributed by atoms with Gasteiger partial charge in [0, 0.05) is 29.4 Å². The number of thioether (sulfide) groups is 1. The highest BCUT2D eigenvalue weighted by atomic mass is 79.9. The van der Waals surface area contributed by atoms with E-state index in [1.54, 1.807) is 0 Å². The summed E-state index contributed by atoms with van der Waals surface area (Å²) in [5.41, 5.74) is 6.94. The van der Waals surface area contributed by atoms with Gasteiger partial charge in [0.15, 0.2) is 0 Å². The van der Waals surface area contributed by atoms with Crippen LogP contribution in [-0.2, 0) is 0 Å². The molecule has 0 aliphatic carbocycles. The summed E-state index contributed by atoms with van der Waals surface area (Å²) in [7, 11) is 0. The zero-order valence-corrected chi connectivity index (χ0v) is 21.6. The molecule has 6 rings (SSSR count). The Labute approximate surface area is 207 Å². The third kappa shape index (κ3) is 3.34. The monoisotopic (exact) mass is 564 g/mol. The second-order valence-corrected chi connectivity index (χ2v) is 12.0. The van der Waals surface area contributed by atoms with E-state index in [2.05, 4.69) is 112 Å². The van der Waals surface area contributed by atoms with E-state index in [1.807, 2.05) is 23.5 Å². The molecule has 152 valence electrons. The van der Waals surface area contributed by atoms with Crippen molar-refractivity contribution in [1.29, 1.82) is 0 Å². The number of benzene rings is 4. The SMILES string of the molecule is CC1CSc2ccc3ccccc3c2C1=C1c2cc(Br)ccc2Sc2ccc(Br)cc21. The Morgan fingerprint density at radius 3 is 2.13 bits per heavy atom. The Hall–Kier alpha value is -1.46. The van der Waals surface area contributed by atoms with Gasteiger partial charge in [-0.05, 0) is 87.0 Å². The molecular formula is C27H18Br2S2. The maximum absolute atomic E-state index is 3.74. The molecule has 4 heteroatoms. The molecular weight excluding hydrogens is 548 g/mol. The van der Waals surface area contributed by atoms with Crippen LogP contribution in [0.3, 0.4) is 0 Å². The normalized spacial score (nSPS) is 17.3. The summed E-state index contributed by atoms with van der Waals surface area (Å²) in [6.07, 6.45) is 0. The predicted molar refractivity (Wildman–Crippen MR) is 142 cm³/mol. The number of allylic oxidation sites excluding steroid dienone is 1. The van der Waals surface area contributed by atoms with Crippen molar-refractivity contribution in [3.8, 4) is 0 Å². The van der Waals surface area contributed by atoms with E-state index in [1.165, 1.54) is 53.3 Å². The van der Waals surface area contributed by atoms with Crippen LogP contribution in [0.25, 0.3) is 21.9 Å². The predicted octanol–water partition coefficient (Wildman–Crippen LogP) is 9.53. The molecule has 0 N–H and O–H groups in total. The first-order valence-electron chi connectivity index (χ1n) is 10.3. The summed E-state index contributed by atoms with van der Waals surface area (Å²) >= 11 is 11.3. The molecule has 4 aromatic rings. The second kappa shape index (κ2) is 7.84. The van der Waals surface area contributed by atoms with Gasteiger partial charge in [-0.15, -0.1) is 11.8 Å². The molecule has 0 bridgehead atoms. The quantitative estimate of drug-likeness (QED) is 0.183. The first-order valence-corrected chi connectivity index (χ1v) is 13.7. The molecule has 2 aliphatic rings. The first kappa shape index (κ1) is 20.2. The van der Waals surface area contributed by atoms with Crippen molar-refractivity contribution >= 4 is 77.3 Å². The summed E-state index contributed by atoms with van der Waals surface area (Å²) in [4.78, 5) is 4.05. The highest BCUT2D eigenvalue weighted by Gasteiger charge is 2.31. The number of fused-ring (bicyclic) bond motifs is 5. The topological polar surface area (TPSA) is 0 Å². The smallest absolute Gasteiger partial charge is 0.0202 e. The maximum Gasteiger partial charge on any atom is 0.0202 e. The lowest BCUT2D eigenvalue weighted by molar-refractivity contribution is 0.858. The summed E-state index contributed by atoms with van der Waals surface area (Å²) in [5, 5.41) is 2.66. The van der Waals surface area contributed by atoms with Gasteiger partial charge in [-0.2, -0.15) is 0 Å². The van der Waals surface area contributed by atoms with Gasteiger partial charge in [0.2, 0.25) is 0 Å². The van der Waals surface area contributed by atoms with Crippen LogP contribution in [0.2, 0.25) is 0 Å². The van der Waals surface area contributed by atoms with Crippen LogP contribution in [0.5, 0.6) is 0 Å². The van der Waals surface area contributed by atoms with E-state index >= 15 is 0 Å². The van der Waals surface area contributed by atoms with E-state index < -0.39 is 0 Å². The van der Waals surface area contributed by atoms with Crippen molar-refractivity contribution in [2.45, 2.75) is 21.6 Å². The largest absolute Gasteiger partial charge is 0.125 e. The van der Waals surface area contributed by atoms with E-state index in [0.29, 0.717) is 5.92 Å². The van der Waals surface area contributed by atoms with Crippen LogP contribution in [0, 0.1) is 5.92 Å². The van der Waals surface area contributed by atoms with Crippen molar-refractivity contribution in [3.05, 3.63) is 98.4 Å². The van der Waals surface area contributed by atoms with Gasteiger partial charge in [-0.1, -0.05) is 80.9 Å². The third-order valence-corrected chi connectivity index (χ3v) is 9.51. The molecule has 0 amide bonds. The van der Waals surface area contributed by atoms with Crippen LogP contribution >= 0.6 is 55.4 Å². The zero-order chi connectivity index (χ0) is 21.1. The molecule has 0 fully saturated rings. The molecule has 0 spiro atoms. The third-order valence-electron chi connectivity index (χ3n) is 6.05. The van der Waals surface area contributed by atoms with Crippen molar-refractivity contribution in [2.24, 2.45) is 5.92 Å². The molecule has 0 aromatic heterocycles. The maximum atomic E-state index is 3.74. The fourth-order valence-electron chi connectivity index (χ4n) is 4.69. The lowest BCUT2D eigenvalue weighted by Crippen LogP contribution is -2.14. The average Bonchev–Trinajstić information content (AvgIpc) is 2.78. The Morgan fingerprint density at radius 2 is 1.42 bits per heavy atom. The molecule has 2 heterocycles.